The molecule has 0 spiro atoms. The van der Waals surface area contributed by atoms with Crippen LogP contribution in [-0.2, 0) is 34.4 Å². The van der Waals surface area contributed by atoms with Crippen LogP contribution in [0.5, 0.6) is 0 Å². The lowest BCUT2D eigenvalue weighted by atomic mass is 10.4. The van der Waals surface area contributed by atoms with Crippen LogP contribution in [0.2, 0.25) is 0 Å². The van der Waals surface area contributed by atoms with E-state index in [-0.39, 0.29) is 26.2 Å². The van der Waals surface area contributed by atoms with Crippen molar-refractivity contribution in [2.24, 2.45) is 0 Å². The number of hydrogen-bond donors (Lipinski definition) is 1. The van der Waals surface area contributed by atoms with Crippen LogP contribution in [-0.4, -0.2) is 57.8 Å². The first-order valence-electron chi connectivity index (χ1n) is 7.51. The van der Waals surface area contributed by atoms with E-state index in [0.29, 0.717) is 23.5 Å². The second-order valence-corrected chi connectivity index (χ2v) is 7.34. The van der Waals surface area contributed by atoms with Crippen LogP contribution in [0.4, 0.5) is 5.82 Å². The van der Waals surface area contributed by atoms with Gasteiger partial charge in [-0.05, 0) is 0 Å². The summed E-state index contributed by atoms with van der Waals surface area (Å²) in [5.41, 5.74) is 6.83. The highest BCUT2D eigenvalue weighted by molar-refractivity contribution is 7.53. The molecule has 0 aliphatic carbocycles. The second kappa shape index (κ2) is 7.44. The fourth-order valence-electron chi connectivity index (χ4n) is 2.26. The van der Waals surface area contributed by atoms with E-state index in [2.05, 4.69) is 15.0 Å². The zero-order valence-electron chi connectivity index (χ0n) is 13.5. The Morgan fingerprint density at radius 1 is 1.40 bits per heavy atom. The Morgan fingerprint density at radius 3 is 2.88 bits per heavy atom. The molecule has 3 heterocycles. The third-order valence-corrected chi connectivity index (χ3v) is 4.99. The summed E-state index contributed by atoms with van der Waals surface area (Å²) >= 11 is 0. The monoisotopic (exact) mass is 371 g/mol. The molecule has 11 nitrogen and oxygen atoms in total. The summed E-state index contributed by atoms with van der Waals surface area (Å²) in [6, 6.07) is 0. The molecule has 2 aromatic heterocycles. The van der Waals surface area contributed by atoms with Crippen molar-refractivity contribution in [1.82, 2.24) is 19.5 Å². The Morgan fingerprint density at radius 2 is 2.16 bits per heavy atom. The van der Waals surface area contributed by atoms with Crippen molar-refractivity contribution in [1.29, 1.82) is 0 Å². The van der Waals surface area contributed by atoms with Gasteiger partial charge in [-0.15, -0.1) is 0 Å². The molecule has 1 saturated heterocycles. The molecule has 1 aliphatic rings. The van der Waals surface area contributed by atoms with Crippen molar-refractivity contribution in [2.45, 2.75) is 19.6 Å². The van der Waals surface area contributed by atoms with Gasteiger partial charge in [0, 0.05) is 13.5 Å². The first kappa shape index (κ1) is 17.7. The van der Waals surface area contributed by atoms with E-state index in [4.69, 9.17) is 24.3 Å². The standard InChI is InChI=1S/C13H18N5O6P/c1-9(19)24-10-4-22-25(20,23-5-10)8-21-3-2-18-7-17-11-12(14)15-6-16-13(11)18/h6-7,10H,2-5,8H2,1H3,(H2,14,15,16). The van der Waals surface area contributed by atoms with Crippen LogP contribution in [0.3, 0.4) is 0 Å². The topological polar surface area (TPSA) is 141 Å². The Kier molecular flexibility index (Phi) is 5.28. The van der Waals surface area contributed by atoms with Crippen LogP contribution in [0.1, 0.15) is 6.92 Å². The number of rotatable bonds is 6. The Bertz CT molecular complexity index is 799. The van der Waals surface area contributed by atoms with Crippen LogP contribution >= 0.6 is 7.60 Å². The van der Waals surface area contributed by atoms with Crippen molar-refractivity contribution in [3.63, 3.8) is 0 Å². The number of carbonyl (C=O) groups excluding carboxylic acids is 1. The van der Waals surface area contributed by atoms with Gasteiger partial charge in [0.2, 0.25) is 0 Å². The predicted octanol–water partition coefficient (Wildman–Crippen LogP) is 0.554. The molecule has 136 valence electrons. The van der Waals surface area contributed by atoms with E-state index in [9.17, 15) is 9.36 Å². The van der Waals surface area contributed by atoms with Gasteiger partial charge in [0.15, 0.2) is 11.5 Å². The molecule has 0 bridgehead atoms. The van der Waals surface area contributed by atoms with Gasteiger partial charge in [-0.1, -0.05) is 0 Å². The largest absolute Gasteiger partial charge is 0.458 e. The van der Waals surface area contributed by atoms with Crippen LogP contribution in [0.15, 0.2) is 12.7 Å². The molecule has 1 fully saturated rings. The number of nitrogens with two attached hydrogens (primary N) is 1. The van der Waals surface area contributed by atoms with E-state index in [1.807, 2.05) is 0 Å². The van der Waals surface area contributed by atoms with Crippen molar-refractivity contribution >= 4 is 30.5 Å². The summed E-state index contributed by atoms with van der Waals surface area (Å²) in [4.78, 5) is 23.0. The lowest BCUT2D eigenvalue weighted by Gasteiger charge is -2.28. The third kappa shape index (κ3) is 4.31. The number of esters is 1. The number of ether oxygens (including phenoxy) is 2. The minimum absolute atomic E-state index is 0.0164. The number of imidazole rings is 1. The number of anilines is 1. The van der Waals surface area contributed by atoms with Crippen LogP contribution in [0.25, 0.3) is 11.2 Å². The fraction of sp³-hybridized carbons (Fsp3) is 0.538. The Balaban J connectivity index is 1.46. The van der Waals surface area contributed by atoms with E-state index in [1.165, 1.54) is 13.3 Å². The molecule has 25 heavy (non-hydrogen) atoms. The third-order valence-electron chi connectivity index (χ3n) is 3.40. The first-order valence-corrected chi connectivity index (χ1v) is 9.24. The quantitative estimate of drug-likeness (QED) is 0.435. The van der Waals surface area contributed by atoms with Crippen molar-refractivity contribution in [3.8, 4) is 0 Å². The number of fused-ring (bicyclic) bond motifs is 1. The van der Waals surface area contributed by atoms with Crippen LogP contribution < -0.4 is 5.73 Å². The summed E-state index contributed by atoms with van der Waals surface area (Å²) in [5.74, 6) is -0.136. The minimum Gasteiger partial charge on any atom is -0.458 e. The van der Waals surface area contributed by atoms with E-state index in [1.54, 1.807) is 10.9 Å². The minimum atomic E-state index is -3.34. The van der Waals surface area contributed by atoms with Gasteiger partial charge in [-0.2, -0.15) is 0 Å². The van der Waals surface area contributed by atoms with Crippen molar-refractivity contribution in [2.75, 3.05) is 31.9 Å². The molecule has 1 aliphatic heterocycles. The summed E-state index contributed by atoms with van der Waals surface area (Å²) in [6.07, 6.45) is 2.20. The van der Waals surface area contributed by atoms with Gasteiger partial charge < -0.3 is 28.8 Å². The van der Waals surface area contributed by atoms with Gasteiger partial charge in [0.1, 0.15) is 24.3 Å². The zero-order chi connectivity index (χ0) is 17.9. The molecule has 0 amide bonds. The lowest BCUT2D eigenvalue weighted by molar-refractivity contribution is -0.151. The van der Waals surface area contributed by atoms with Gasteiger partial charge in [0.25, 0.3) is 0 Å². The van der Waals surface area contributed by atoms with E-state index >= 15 is 0 Å². The first-order chi connectivity index (χ1) is 12.0. The smallest absolute Gasteiger partial charge is 0.356 e. The fourth-order valence-corrected chi connectivity index (χ4v) is 3.62. The maximum Gasteiger partial charge on any atom is 0.356 e. The number of hydrogen-bond acceptors (Lipinski definition) is 10. The molecule has 2 N–H and O–H groups in total. The van der Waals surface area contributed by atoms with Gasteiger partial charge >= 0.3 is 13.6 Å². The Hall–Kier alpha value is -2.07. The molecule has 0 aromatic carbocycles. The number of aromatic nitrogens is 4. The molecule has 3 rings (SSSR count). The molecule has 0 atom stereocenters. The normalized spacial score (nSPS) is 23.6. The number of carbonyl (C=O) groups is 1. The maximum atomic E-state index is 12.3. The van der Waals surface area contributed by atoms with Crippen LogP contribution in [0, 0.1) is 0 Å². The molecular formula is C13H18N5O6P. The van der Waals surface area contributed by atoms with Crippen molar-refractivity contribution in [3.05, 3.63) is 12.7 Å². The van der Waals surface area contributed by atoms with Gasteiger partial charge in [-0.25, -0.2) is 15.0 Å². The highest BCUT2D eigenvalue weighted by atomic mass is 31.2. The number of nitrogens with zero attached hydrogens (tertiary/aromatic N) is 4. The molecular weight excluding hydrogens is 353 g/mol. The highest BCUT2D eigenvalue weighted by Gasteiger charge is 2.34. The second-order valence-electron chi connectivity index (χ2n) is 5.34. The maximum absolute atomic E-state index is 12.3. The summed E-state index contributed by atoms with van der Waals surface area (Å²) in [5, 5.41) is 0. The molecule has 0 saturated carbocycles. The molecule has 0 unspecified atom stereocenters. The molecule has 0 radical (unpaired) electrons. The summed E-state index contributed by atoms with van der Waals surface area (Å²) in [7, 11) is -3.34. The zero-order valence-corrected chi connectivity index (χ0v) is 14.4. The average molecular weight is 371 g/mol. The lowest BCUT2D eigenvalue weighted by Crippen LogP contribution is -2.31. The number of nitrogen functional groups attached to an aromatic ring is 1. The van der Waals surface area contributed by atoms with E-state index < -0.39 is 19.7 Å². The summed E-state index contributed by atoms with van der Waals surface area (Å²) < 4.78 is 34.8. The molecule has 12 heteroatoms. The molecule has 2 aromatic rings. The Labute approximate surface area is 143 Å². The van der Waals surface area contributed by atoms with Crippen molar-refractivity contribution < 1.29 is 27.9 Å². The van der Waals surface area contributed by atoms with Gasteiger partial charge in [-0.3, -0.25) is 9.36 Å². The summed E-state index contributed by atoms with van der Waals surface area (Å²) in [6.45, 7) is 2.00. The highest BCUT2D eigenvalue weighted by Crippen LogP contribution is 2.50. The van der Waals surface area contributed by atoms with Gasteiger partial charge in [0.05, 0.1) is 26.1 Å². The van der Waals surface area contributed by atoms with E-state index in [0.717, 1.165) is 0 Å². The average Bonchev–Trinajstić information content (AvgIpc) is 2.98. The predicted molar refractivity (Wildman–Crippen MR) is 85.6 cm³/mol. The SMILES string of the molecule is CC(=O)OC1COP(=O)(COCCn2cnc3c(N)ncnc32)OC1.